The highest BCUT2D eigenvalue weighted by Gasteiger charge is 2.43. The minimum Gasteiger partial charge on any atom is -0.428 e. The fraction of sp³-hybridized carbons (Fsp3) is 0.333. The number of hydrogen-bond acceptors (Lipinski definition) is 3. The van der Waals surface area contributed by atoms with Crippen LogP contribution in [-0.4, -0.2) is 12.5 Å². The second-order valence-electron chi connectivity index (χ2n) is 2.90. The fourth-order valence-electron chi connectivity index (χ4n) is 0.984. The van der Waals surface area contributed by atoms with Crippen molar-refractivity contribution in [2.45, 2.75) is 19.1 Å². The number of hydrogen-bond donors (Lipinski definition) is 0. The number of rotatable bonds is 5. The molecule has 7 heteroatoms. The normalized spacial score (nSPS) is 11.6. The summed E-state index contributed by atoms with van der Waals surface area (Å²) in [5.41, 5.74) is 0.303. The van der Waals surface area contributed by atoms with E-state index < -0.39 is 18.3 Å². The molecule has 0 unspecified atom stereocenters. The molecule has 0 saturated heterocycles. The van der Waals surface area contributed by atoms with Gasteiger partial charge in [0.25, 0.3) is 0 Å². The fourth-order valence-corrected chi connectivity index (χ4v) is 0.984. The second-order valence-corrected chi connectivity index (χ2v) is 2.90. The predicted molar refractivity (Wildman–Crippen MR) is 47.5 cm³/mol. The summed E-state index contributed by atoms with van der Waals surface area (Å²) < 4.78 is 52.4. The van der Waals surface area contributed by atoms with E-state index in [4.69, 9.17) is 0 Å². The molecule has 0 bridgehead atoms. The van der Waals surface area contributed by atoms with Gasteiger partial charge in [0.1, 0.15) is 12.3 Å². The van der Waals surface area contributed by atoms with Crippen molar-refractivity contribution in [3.8, 4) is 5.75 Å². The second kappa shape index (κ2) is 4.91. The van der Waals surface area contributed by atoms with E-state index in [1.54, 1.807) is 0 Å². The van der Waals surface area contributed by atoms with Gasteiger partial charge in [0.15, 0.2) is 0 Å². The summed E-state index contributed by atoms with van der Waals surface area (Å²) in [5, 5.41) is 2.54. The third-order valence-electron chi connectivity index (χ3n) is 1.65. The zero-order chi connectivity index (χ0) is 12.2. The lowest BCUT2D eigenvalue weighted by molar-refractivity contribution is -0.253. The number of benzene rings is 1. The van der Waals surface area contributed by atoms with Gasteiger partial charge in [-0.05, 0) is 17.7 Å². The number of alkyl halides is 4. The zero-order valence-corrected chi connectivity index (χ0v) is 7.87. The van der Waals surface area contributed by atoms with E-state index in [0.717, 1.165) is 12.1 Å². The molecule has 16 heavy (non-hydrogen) atoms. The molecule has 0 spiro atoms. The maximum atomic E-state index is 12.5. The lowest BCUT2D eigenvalue weighted by Gasteiger charge is -2.16. The van der Waals surface area contributed by atoms with E-state index in [1.807, 2.05) is 0 Å². The molecule has 1 rings (SSSR count). The van der Waals surface area contributed by atoms with Crippen LogP contribution < -0.4 is 4.74 Å². The van der Waals surface area contributed by atoms with Crippen LogP contribution in [0.25, 0.3) is 0 Å². The minimum absolute atomic E-state index is 0.239. The molecule has 1 aromatic carbocycles. The summed E-state index contributed by atoms with van der Waals surface area (Å²) in [7, 11) is 0. The van der Waals surface area contributed by atoms with Crippen molar-refractivity contribution in [1.82, 2.24) is 0 Å². The van der Waals surface area contributed by atoms with Gasteiger partial charge in [-0.3, -0.25) is 0 Å². The van der Waals surface area contributed by atoms with Gasteiger partial charge in [0, 0.05) is 0 Å². The van der Waals surface area contributed by atoms with E-state index in [2.05, 4.69) is 9.91 Å². The third kappa shape index (κ3) is 3.18. The van der Waals surface area contributed by atoms with Crippen LogP contribution in [0, 0.1) is 4.91 Å². The van der Waals surface area contributed by atoms with Crippen molar-refractivity contribution < 1.29 is 22.3 Å². The first-order valence-electron chi connectivity index (χ1n) is 4.19. The van der Waals surface area contributed by atoms with Gasteiger partial charge in [0.2, 0.25) is 0 Å². The molecule has 0 radical (unpaired) electrons. The third-order valence-corrected chi connectivity index (χ3v) is 1.65. The van der Waals surface area contributed by atoms with Crippen molar-refractivity contribution in [2.75, 3.05) is 0 Å². The first-order valence-corrected chi connectivity index (χ1v) is 4.19. The lowest BCUT2D eigenvalue weighted by Crippen LogP contribution is -2.33. The van der Waals surface area contributed by atoms with Crippen molar-refractivity contribution >= 4 is 0 Å². The van der Waals surface area contributed by atoms with Crippen LogP contribution in [0.5, 0.6) is 5.75 Å². The van der Waals surface area contributed by atoms with Crippen molar-refractivity contribution in [1.29, 1.82) is 0 Å². The van der Waals surface area contributed by atoms with Crippen LogP contribution >= 0.6 is 0 Å². The molecule has 88 valence electrons. The van der Waals surface area contributed by atoms with E-state index in [0.29, 0.717) is 5.56 Å². The predicted octanol–water partition coefficient (Wildman–Crippen LogP) is 3.19. The van der Waals surface area contributed by atoms with Crippen molar-refractivity contribution in [3.05, 3.63) is 34.7 Å². The average Bonchev–Trinajstić information content (AvgIpc) is 2.17. The van der Waals surface area contributed by atoms with Crippen LogP contribution in [0.1, 0.15) is 5.56 Å². The minimum atomic E-state index is -4.55. The molecule has 0 atom stereocenters. The van der Waals surface area contributed by atoms with Crippen LogP contribution in [0.3, 0.4) is 0 Å². The Morgan fingerprint density at radius 1 is 1.38 bits per heavy atom. The van der Waals surface area contributed by atoms with Gasteiger partial charge in [0.05, 0.1) is 0 Å². The Bertz CT molecular complexity index is 370. The largest absolute Gasteiger partial charge is 0.461 e. The summed E-state index contributed by atoms with van der Waals surface area (Å²) >= 11 is 0. The van der Waals surface area contributed by atoms with Gasteiger partial charge in [-0.25, -0.2) is 0 Å². The van der Waals surface area contributed by atoms with Crippen LogP contribution in [0.15, 0.2) is 29.4 Å². The molecule has 0 fully saturated rings. The molecule has 0 N–H and O–H groups in total. The smallest absolute Gasteiger partial charge is 0.428 e. The molecule has 0 saturated carbocycles. The summed E-state index contributed by atoms with van der Waals surface area (Å²) in [6, 6.07) is 4.88. The lowest BCUT2D eigenvalue weighted by atomic mass is 10.2. The zero-order valence-electron chi connectivity index (χ0n) is 7.87. The summed E-state index contributed by atoms with van der Waals surface area (Å²) in [5.74, 6) is -0.438. The summed E-state index contributed by atoms with van der Waals surface area (Å²) in [6.07, 6.45) is -8.46. The molecule has 1 aromatic rings. The number of halogens is 4. The molecular formula is C9H7F4NO2. The highest BCUT2D eigenvalue weighted by atomic mass is 19.3. The standard InChI is InChI=1S/C9H7F4NO2/c10-8(11)9(12,13)16-7-3-1-2-6(4-7)5-14-15/h1-4,8H,5H2. The maximum Gasteiger partial charge on any atom is 0.461 e. The number of ether oxygens (including phenoxy) is 1. The van der Waals surface area contributed by atoms with Gasteiger partial charge < -0.3 is 4.74 Å². The topological polar surface area (TPSA) is 38.7 Å². The molecule has 0 aromatic heterocycles. The molecule has 0 heterocycles. The van der Waals surface area contributed by atoms with E-state index in [9.17, 15) is 22.5 Å². The Labute approximate surface area is 88.0 Å². The molecule has 3 nitrogen and oxygen atoms in total. The van der Waals surface area contributed by atoms with E-state index >= 15 is 0 Å². The molecular weight excluding hydrogens is 230 g/mol. The van der Waals surface area contributed by atoms with Gasteiger partial charge in [-0.1, -0.05) is 17.3 Å². The Morgan fingerprint density at radius 2 is 2.06 bits per heavy atom. The van der Waals surface area contributed by atoms with E-state index in [-0.39, 0.29) is 6.54 Å². The van der Waals surface area contributed by atoms with Crippen LogP contribution in [0.4, 0.5) is 17.6 Å². The molecule has 0 amide bonds. The Hall–Kier alpha value is -1.66. The number of nitroso groups, excluding NO2 is 1. The first kappa shape index (κ1) is 12.4. The van der Waals surface area contributed by atoms with Crippen molar-refractivity contribution in [3.63, 3.8) is 0 Å². The summed E-state index contributed by atoms with van der Waals surface area (Å²) in [6.45, 7) is -0.239. The van der Waals surface area contributed by atoms with Gasteiger partial charge >= 0.3 is 12.5 Å². The SMILES string of the molecule is O=NCc1cccc(OC(F)(F)C(F)F)c1. The Morgan fingerprint density at radius 3 is 2.62 bits per heavy atom. The molecule has 0 aliphatic carbocycles. The number of nitrogens with zero attached hydrogens (tertiary/aromatic N) is 1. The molecule has 0 aliphatic heterocycles. The van der Waals surface area contributed by atoms with Gasteiger partial charge in [-0.2, -0.15) is 22.5 Å². The van der Waals surface area contributed by atoms with Crippen LogP contribution in [-0.2, 0) is 6.54 Å². The monoisotopic (exact) mass is 237 g/mol. The molecule has 0 aliphatic rings. The maximum absolute atomic E-state index is 12.5. The quantitative estimate of drug-likeness (QED) is 0.582. The Kier molecular flexibility index (Phi) is 3.81. The van der Waals surface area contributed by atoms with E-state index in [1.165, 1.54) is 12.1 Å². The first-order chi connectivity index (χ1) is 7.45. The summed E-state index contributed by atoms with van der Waals surface area (Å²) in [4.78, 5) is 9.92. The average molecular weight is 237 g/mol. The highest BCUT2D eigenvalue weighted by molar-refractivity contribution is 5.28. The van der Waals surface area contributed by atoms with Gasteiger partial charge in [-0.15, -0.1) is 0 Å². The Balaban J connectivity index is 2.81. The van der Waals surface area contributed by atoms with Crippen molar-refractivity contribution in [2.24, 2.45) is 5.18 Å². The van der Waals surface area contributed by atoms with Crippen LogP contribution in [0.2, 0.25) is 0 Å². The highest BCUT2D eigenvalue weighted by Crippen LogP contribution is 2.27.